The highest BCUT2D eigenvalue weighted by molar-refractivity contribution is 7.91. The van der Waals surface area contributed by atoms with E-state index in [0.29, 0.717) is 19.5 Å². The lowest BCUT2D eigenvalue weighted by Crippen LogP contribution is -2.46. The Hall–Kier alpha value is -0.220. The van der Waals surface area contributed by atoms with Gasteiger partial charge in [-0.05, 0) is 37.5 Å². The summed E-state index contributed by atoms with van der Waals surface area (Å²) >= 11 is 0. The molecule has 2 aliphatic rings. The molecule has 0 aromatic heterocycles. The van der Waals surface area contributed by atoms with Crippen LogP contribution in [0.1, 0.15) is 25.7 Å². The standard InChI is InChI=1S/C12H25N3O4S2/c1-20(16,17)15-5-2-3-10(8-15)7-12(14-13)11-4-6-21(18,19)9-11/h10-12,14H,2-9,13H2,1H3. The molecular weight excluding hydrogens is 314 g/mol. The highest BCUT2D eigenvalue weighted by Crippen LogP contribution is 2.29. The zero-order valence-corrected chi connectivity index (χ0v) is 14.0. The number of hydrogen-bond donors (Lipinski definition) is 2. The number of piperidine rings is 1. The van der Waals surface area contributed by atoms with Crippen molar-refractivity contribution in [2.75, 3.05) is 30.9 Å². The van der Waals surface area contributed by atoms with Gasteiger partial charge in [0.05, 0.1) is 17.8 Å². The van der Waals surface area contributed by atoms with Crippen molar-refractivity contribution < 1.29 is 16.8 Å². The Labute approximate surface area is 127 Å². The number of nitrogens with one attached hydrogen (secondary N) is 1. The summed E-state index contributed by atoms with van der Waals surface area (Å²) in [6, 6.07) is -0.0632. The molecule has 0 spiro atoms. The molecule has 0 aromatic rings. The van der Waals surface area contributed by atoms with Crippen LogP contribution in [-0.2, 0) is 19.9 Å². The topological polar surface area (TPSA) is 110 Å². The first-order chi connectivity index (χ1) is 9.71. The predicted octanol–water partition coefficient (Wildman–Crippen LogP) is -0.685. The van der Waals surface area contributed by atoms with Crippen molar-refractivity contribution >= 4 is 19.9 Å². The molecule has 2 saturated heterocycles. The molecule has 0 radical (unpaired) electrons. The molecule has 3 atom stereocenters. The zero-order chi connectivity index (χ0) is 15.7. The molecule has 9 heteroatoms. The van der Waals surface area contributed by atoms with Crippen molar-refractivity contribution in [3.05, 3.63) is 0 Å². The molecule has 3 unspecified atom stereocenters. The van der Waals surface area contributed by atoms with E-state index in [-0.39, 0.29) is 29.4 Å². The molecule has 0 amide bonds. The zero-order valence-electron chi connectivity index (χ0n) is 12.4. The van der Waals surface area contributed by atoms with Crippen LogP contribution >= 0.6 is 0 Å². The molecule has 21 heavy (non-hydrogen) atoms. The largest absolute Gasteiger partial charge is 0.271 e. The maximum atomic E-state index is 11.6. The van der Waals surface area contributed by atoms with E-state index in [1.807, 2.05) is 0 Å². The van der Waals surface area contributed by atoms with Crippen molar-refractivity contribution in [2.24, 2.45) is 17.7 Å². The third-order valence-electron chi connectivity index (χ3n) is 4.59. The van der Waals surface area contributed by atoms with Crippen molar-refractivity contribution in [1.29, 1.82) is 0 Å². The smallest absolute Gasteiger partial charge is 0.211 e. The van der Waals surface area contributed by atoms with E-state index in [2.05, 4.69) is 5.43 Å². The fourth-order valence-electron chi connectivity index (χ4n) is 3.42. The Morgan fingerprint density at radius 3 is 2.62 bits per heavy atom. The number of nitrogens with zero attached hydrogens (tertiary/aromatic N) is 1. The Kier molecular flexibility index (Phi) is 5.30. The maximum absolute atomic E-state index is 11.6. The number of nitrogens with two attached hydrogens (primary N) is 1. The van der Waals surface area contributed by atoms with E-state index in [9.17, 15) is 16.8 Å². The maximum Gasteiger partial charge on any atom is 0.211 e. The van der Waals surface area contributed by atoms with Crippen LogP contribution in [0.25, 0.3) is 0 Å². The third-order valence-corrected chi connectivity index (χ3v) is 7.65. The summed E-state index contributed by atoms with van der Waals surface area (Å²) in [6.07, 6.45) is 4.40. The first-order valence-corrected chi connectivity index (χ1v) is 11.0. The van der Waals surface area contributed by atoms with Gasteiger partial charge in [0.15, 0.2) is 9.84 Å². The number of sulfonamides is 1. The van der Waals surface area contributed by atoms with Crippen LogP contribution in [0.2, 0.25) is 0 Å². The average molecular weight is 339 g/mol. The predicted molar refractivity (Wildman–Crippen MR) is 81.6 cm³/mol. The Morgan fingerprint density at radius 1 is 1.38 bits per heavy atom. The number of hydrogen-bond acceptors (Lipinski definition) is 6. The van der Waals surface area contributed by atoms with E-state index >= 15 is 0 Å². The van der Waals surface area contributed by atoms with Crippen LogP contribution < -0.4 is 11.3 Å². The summed E-state index contributed by atoms with van der Waals surface area (Å²) in [5.74, 6) is 6.29. The second-order valence-corrected chi connectivity index (χ2v) is 10.5. The number of rotatable bonds is 5. The summed E-state index contributed by atoms with van der Waals surface area (Å²) in [5, 5.41) is 0. The SMILES string of the molecule is CS(=O)(=O)N1CCCC(CC(NN)C2CCS(=O)(=O)C2)C1. The van der Waals surface area contributed by atoms with Crippen molar-refractivity contribution in [3.63, 3.8) is 0 Å². The third kappa shape index (κ3) is 4.62. The highest BCUT2D eigenvalue weighted by Gasteiger charge is 2.35. The second kappa shape index (κ2) is 6.49. The van der Waals surface area contributed by atoms with Crippen LogP contribution in [0, 0.1) is 11.8 Å². The quantitative estimate of drug-likeness (QED) is 0.507. The first kappa shape index (κ1) is 17.1. The van der Waals surface area contributed by atoms with Gasteiger partial charge in [0.2, 0.25) is 10.0 Å². The van der Waals surface area contributed by atoms with Gasteiger partial charge in [0.25, 0.3) is 0 Å². The van der Waals surface area contributed by atoms with Crippen LogP contribution in [0.5, 0.6) is 0 Å². The highest BCUT2D eigenvalue weighted by atomic mass is 32.2. The summed E-state index contributed by atoms with van der Waals surface area (Å²) in [7, 11) is -6.08. The monoisotopic (exact) mass is 339 g/mol. The molecule has 0 aromatic carbocycles. The lowest BCUT2D eigenvalue weighted by molar-refractivity contribution is 0.219. The van der Waals surface area contributed by atoms with Crippen LogP contribution in [0.4, 0.5) is 0 Å². The van der Waals surface area contributed by atoms with Gasteiger partial charge in [-0.1, -0.05) is 0 Å². The van der Waals surface area contributed by atoms with E-state index in [0.717, 1.165) is 19.3 Å². The van der Waals surface area contributed by atoms with Gasteiger partial charge in [0, 0.05) is 19.1 Å². The van der Waals surface area contributed by atoms with Crippen LogP contribution in [0.15, 0.2) is 0 Å². The Bertz CT molecular complexity index is 561. The van der Waals surface area contributed by atoms with E-state index in [4.69, 9.17) is 5.84 Å². The average Bonchev–Trinajstić information content (AvgIpc) is 2.75. The molecule has 3 N–H and O–H groups in total. The molecule has 0 saturated carbocycles. The van der Waals surface area contributed by atoms with Gasteiger partial charge in [0.1, 0.15) is 0 Å². The number of sulfone groups is 1. The molecule has 2 rings (SSSR count). The number of hydrazine groups is 1. The van der Waals surface area contributed by atoms with E-state index < -0.39 is 19.9 Å². The lowest BCUT2D eigenvalue weighted by atomic mass is 9.87. The minimum Gasteiger partial charge on any atom is -0.271 e. The molecule has 0 bridgehead atoms. The molecule has 7 nitrogen and oxygen atoms in total. The summed E-state index contributed by atoms with van der Waals surface area (Å²) < 4.78 is 47.9. The molecule has 2 fully saturated rings. The fraction of sp³-hybridized carbons (Fsp3) is 1.00. The molecule has 2 heterocycles. The molecular formula is C12H25N3O4S2. The van der Waals surface area contributed by atoms with Gasteiger partial charge < -0.3 is 0 Å². The molecule has 2 aliphatic heterocycles. The van der Waals surface area contributed by atoms with Gasteiger partial charge in [-0.2, -0.15) is 0 Å². The van der Waals surface area contributed by atoms with E-state index in [1.54, 1.807) is 0 Å². The minimum absolute atomic E-state index is 0.0358. The van der Waals surface area contributed by atoms with Crippen molar-refractivity contribution in [3.8, 4) is 0 Å². The van der Waals surface area contributed by atoms with Crippen molar-refractivity contribution in [1.82, 2.24) is 9.73 Å². The van der Waals surface area contributed by atoms with Crippen LogP contribution in [-0.4, -0.2) is 58.0 Å². The summed E-state index contributed by atoms with van der Waals surface area (Å²) in [6.45, 7) is 1.09. The summed E-state index contributed by atoms with van der Waals surface area (Å²) in [5.41, 5.74) is 2.75. The first-order valence-electron chi connectivity index (χ1n) is 7.33. The Morgan fingerprint density at radius 2 is 2.10 bits per heavy atom. The van der Waals surface area contributed by atoms with Gasteiger partial charge in [-0.3, -0.25) is 11.3 Å². The fourth-order valence-corrected chi connectivity index (χ4v) is 6.24. The van der Waals surface area contributed by atoms with Gasteiger partial charge >= 0.3 is 0 Å². The minimum atomic E-state index is -3.15. The second-order valence-electron chi connectivity index (χ2n) is 6.30. The lowest BCUT2D eigenvalue weighted by Gasteiger charge is -2.34. The summed E-state index contributed by atoms with van der Waals surface area (Å²) in [4.78, 5) is 0. The van der Waals surface area contributed by atoms with Crippen LogP contribution in [0.3, 0.4) is 0 Å². The van der Waals surface area contributed by atoms with Gasteiger partial charge in [-0.15, -0.1) is 0 Å². The van der Waals surface area contributed by atoms with Crippen molar-refractivity contribution in [2.45, 2.75) is 31.7 Å². The molecule has 0 aliphatic carbocycles. The van der Waals surface area contributed by atoms with E-state index in [1.165, 1.54) is 10.6 Å². The molecule has 124 valence electrons. The Balaban J connectivity index is 1.96. The van der Waals surface area contributed by atoms with Gasteiger partial charge in [-0.25, -0.2) is 21.1 Å². The normalized spacial score (nSPS) is 32.1.